The van der Waals surface area contributed by atoms with Crippen LogP contribution in [-0.4, -0.2) is 25.2 Å². The van der Waals surface area contributed by atoms with Crippen molar-refractivity contribution in [1.29, 1.82) is 0 Å². The highest BCUT2D eigenvalue weighted by Gasteiger charge is 2.02. The summed E-state index contributed by atoms with van der Waals surface area (Å²) in [6.07, 6.45) is 0. The van der Waals surface area contributed by atoms with Gasteiger partial charge in [0.25, 0.3) is 0 Å². The van der Waals surface area contributed by atoms with Crippen molar-refractivity contribution in [2.45, 2.75) is 6.92 Å². The number of carbonyl (C=O) groups is 2. The van der Waals surface area contributed by atoms with Gasteiger partial charge in [0, 0.05) is 12.4 Å². The molecule has 1 N–H and O–H groups in total. The quantitative estimate of drug-likeness (QED) is 0.614. The van der Waals surface area contributed by atoms with E-state index in [0.717, 1.165) is 0 Å². The number of ether oxygens (including phenoxy) is 1. The van der Waals surface area contributed by atoms with Gasteiger partial charge in [-0.2, -0.15) is 0 Å². The van der Waals surface area contributed by atoms with Crippen LogP contribution in [0.5, 0.6) is 0 Å². The van der Waals surface area contributed by atoms with Crippen LogP contribution in [0.3, 0.4) is 0 Å². The van der Waals surface area contributed by atoms with E-state index < -0.39 is 12.0 Å². The van der Waals surface area contributed by atoms with E-state index in [1.54, 1.807) is 6.92 Å². The van der Waals surface area contributed by atoms with E-state index in [0.29, 0.717) is 6.61 Å². The minimum atomic E-state index is -0.701. The molecule has 0 heterocycles. The summed E-state index contributed by atoms with van der Waals surface area (Å²) >= 11 is 4.05. The number of nitrogens with one attached hydrogen (secondary N) is 1. The average Bonchev–Trinajstić information content (AvgIpc) is 2.01. The van der Waals surface area contributed by atoms with Crippen molar-refractivity contribution in [2.24, 2.45) is 4.36 Å². The Morgan fingerprint density at radius 1 is 1.64 bits per heavy atom. The molecule has 0 saturated carbocycles. The summed E-state index contributed by atoms with van der Waals surface area (Å²) in [6, 6.07) is -0.701. The maximum absolute atomic E-state index is 10.6. The summed E-state index contributed by atoms with van der Waals surface area (Å²) in [4.78, 5) is 20.9. The molecule has 0 rings (SSSR count). The Morgan fingerprint density at radius 2 is 2.27 bits per heavy atom. The second-order valence-electron chi connectivity index (χ2n) is 1.56. The number of nitrogens with zero attached hydrogens (tertiary/aromatic N) is 1. The molecule has 0 aliphatic carbocycles. The van der Waals surface area contributed by atoms with Crippen LogP contribution in [-0.2, 0) is 22.0 Å². The van der Waals surface area contributed by atoms with Crippen LogP contribution >= 0.6 is 0 Å². The number of amides is 2. The van der Waals surface area contributed by atoms with Crippen molar-refractivity contribution >= 4 is 24.4 Å². The van der Waals surface area contributed by atoms with Crippen LogP contribution in [0, 0.1) is 0 Å². The molecule has 0 fully saturated rings. The zero-order valence-corrected chi connectivity index (χ0v) is 6.81. The van der Waals surface area contributed by atoms with Gasteiger partial charge in [0.15, 0.2) is 0 Å². The predicted octanol–water partition coefficient (Wildman–Crippen LogP) is -0.0104. The van der Waals surface area contributed by atoms with Crippen molar-refractivity contribution < 1.29 is 14.3 Å². The van der Waals surface area contributed by atoms with E-state index in [9.17, 15) is 9.59 Å². The molecule has 62 valence electrons. The number of esters is 1. The SMILES string of the molecule is CCOC(=O)CNC(=O)N=S. The van der Waals surface area contributed by atoms with Crippen molar-refractivity contribution in [3.63, 3.8) is 0 Å². The molecule has 2 amide bonds. The zero-order chi connectivity index (χ0) is 8.69. The maximum Gasteiger partial charge on any atom is 0.352 e. The molecule has 0 aromatic rings. The number of hydrogen-bond acceptors (Lipinski definition) is 4. The van der Waals surface area contributed by atoms with Crippen molar-refractivity contribution in [2.75, 3.05) is 13.2 Å². The van der Waals surface area contributed by atoms with Gasteiger partial charge in [0.1, 0.15) is 6.54 Å². The largest absolute Gasteiger partial charge is 0.465 e. The molecule has 0 aromatic heterocycles. The molecule has 0 saturated heterocycles. The van der Waals surface area contributed by atoms with E-state index in [1.807, 2.05) is 0 Å². The van der Waals surface area contributed by atoms with Gasteiger partial charge in [-0.15, -0.1) is 4.36 Å². The summed E-state index contributed by atoms with van der Waals surface area (Å²) in [5.41, 5.74) is 0. The van der Waals surface area contributed by atoms with Gasteiger partial charge in [-0.3, -0.25) is 4.79 Å². The summed E-state index contributed by atoms with van der Waals surface area (Å²) in [6.45, 7) is 1.78. The monoisotopic (exact) mass is 176 g/mol. The van der Waals surface area contributed by atoms with E-state index >= 15 is 0 Å². The zero-order valence-electron chi connectivity index (χ0n) is 5.99. The molecule has 6 heteroatoms. The fourth-order valence-corrected chi connectivity index (χ4v) is 0.457. The number of rotatable bonds is 3. The maximum atomic E-state index is 10.6. The number of hydrogen-bond donors (Lipinski definition) is 1. The molecule has 0 spiro atoms. The van der Waals surface area contributed by atoms with Gasteiger partial charge < -0.3 is 10.1 Å². The minimum absolute atomic E-state index is 0.188. The Balaban J connectivity index is 3.45. The lowest BCUT2D eigenvalue weighted by Gasteiger charge is -1.99. The Kier molecular flexibility index (Phi) is 5.18. The third kappa shape index (κ3) is 5.41. The predicted molar refractivity (Wildman–Crippen MR) is 39.8 cm³/mol. The molecule has 0 radical (unpaired) electrons. The lowest BCUT2D eigenvalue weighted by molar-refractivity contribution is -0.141. The molecule has 0 unspecified atom stereocenters. The average molecular weight is 176 g/mol. The number of carbonyl (C=O) groups excluding carboxylic acids is 2. The molecule has 5 nitrogen and oxygen atoms in total. The topological polar surface area (TPSA) is 67.8 Å². The standard InChI is InChI=1S/C5H8N2O3S/c1-2-10-4(8)3-6-5(9)7-11/h2-3H2,1H3,(H,6,9). The lowest BCUT2D eigenvalue weighted by atomic mass is 10.6. The van der Waals surface area contributed by atoms with Gasteiger partial charge >= 0.3 is 12.0 Å². The first-order valence-electron chi connectivity index (χ1n) is 2.97. The summed E-state index contributed by atoms with van der Waals surface area (Å²) in [5.74, 6) is -0.500. The molecule has 11 heavy (non-hydrogen) atoms. The second-order valence-corrected chi connectivity index (χ2v) is 1.74. The lowest BCUT2D eigenvalue weighted by Crippen LogP contribution is -2.28. The van der Waals surface area contributed by atoms with Crippen molar-refractivity contribution in [3.05, 3.63) is 0 Å². The fraction of sp³-hybridized carbons (Fsp3) is 0.600. The highest BCUT2D eigenvalue weighted by atomic mass is 32.1. The van der Waals surface area contributed by atoms with Crippen LogP contribution < -0.4 is 5.32 Å². The molecule has 0 aromatic carbocycles. The smallest absolute Gasteiger partial charge is 0.352 e. The molecule has 0 aliphatic heterocycles. The fourth-order valence-electron chi connectivity index (χ4n) is 0.392. The van der Waals surface area contributed by atoms with Gasteiger partial charge in [-0.1, -0.05) is 0 Å². The second kappa shape index (κ2) is 5.72. The summed E-state index contributed by atoms with van der Waals surface area (Å²) < 4.78 is 7.35. The van der Waals surface area contributed by atoms with Crippen molar-refractivity contribution in [3.8, 4) is 0 Å². The third-order valence-electron chi connectivity index (χ3n) is 0.772. The Morgan fingerprint density at radius 3 is 2.73 bits per heavy atom. The summed E-state index contributed by atoms with van der Waals surface area (Å²) in [7, 11) is 0. The minimum Gasteiger partial charge on any atom is -0.465 e. The first-order chi connectivity index (χ1) is 5.20. The van der Waals surface area contributed by atoms with Gasteiger partial charge in [0.05, 0.1) is 6.61 Å². The Hall–Kier alpha value is -1.04. The Bertz CT molecular complexity index is 171. The van der Waals surface area contributed by atoms with E-state index in [2.05, 4.69) is 26.8 Å². The van der Waals surface area contributed by atoms with Gasteiger partial charge in [0.2, 0.25) is 0 Å². The highest BCUT2D eigenvalue weighted by Crippen LogP contribution is 1.76. The van der Waals surface area contributed by atoms with Gasteiger partial charge in [-0.25, -0.2) is 4.79 Å². The van der Waals surface area contributed by atoms with Crippen LogP contribution in [0.1, 0.15) is 6.92 Å². The first-order valence-corrected chi connectivity index (χ1v) is 3.34. The third-order valence-corrected chi connectivity index (χ3v) is 0.938. The Labute approximate surface area is 69.3 Å². The molecule has 0 aliphatic rings. The van der Waals surface area contributed by atoms with Crippen LogP contribution in [0.4, 0.5) is 4.79 Å². The van der Waals surface area contributed by atoms with Crippen LogP contribution in [0.15, 0.2) is 4.36 Å². The normalized spacial score (nSPS) is 8.45. The van der Waals surface area contributed by atoms with E-state index in [4.69, 9.17) is 0 Å². The highest BCUT2D eigenvalue weighted by molar-refractivity contribution is 7.47. The van der Waals surface area contributed by atoms with Crippen molar-refractivity contribution in [1.82, 2.24) is 5.32 Å². The first kappa shape index (κ1) is 9.96. The van der Waals surface area contributed by atoms with E-state index in [1.165, 1.54) is 0 Å². The molecular weight excluding hydrogens is 168 g/mol. The van der Waals surface area contributed by atoms with E-state index in [-0.39, 0.29) is 6.54 Å². The molecule has 0 atom stereocenters. The van der Waals surface area contributed by atoms with Crippen LogP contribution in [0.2, 0.25) is 0 Å². The number of urea groups is 1. The summed E-state index contributed by atoms with van der Waals surface area (Å²) in [5, 5.41) is 2.13. The molecular formula is C5H8N2O3S. The van der Waals surface area contributed by atoms with Crippen LogP contribution in [0.25, 0.3) is 0 Å². The van der Waals surface area contributed by atoms with Gasteiger partial charge in [-0.05, 0) is 6.92 Å². The molecule has 0 bridgehead atoms.